The van der Waals surface area contributed by atoms with Crippen LogP contribution in [0.25, 0.3) is 0 Å². The van der Waals surface area contributed by atoms with E-state index in [1.165, 1.54) is 32.7 Å². The molecular weight excluding hydrogens is 292 g/mol. The molecule has 0 bridgehead atoms. The molecule has 0 N–H and O–H groups in total. The van der Waals surface area contributed by atoms with Crippen LogP contribution in [0.1, 0.15) is 27.8 Å². The van der Waals surface area contributed by atoms with Crippen LogP contribution in [0.5, 0.6) is 11.5 Å². The molecule has 0 spiro atoms. The first-order chi connectivity index (χ1) is 10.5. The standard InChI is InChI=1S/C19H24O2S/c1-12-7-14(3)18(20-5)16(9-12)11-22-17-10-13(2)8-15(4)19(17)21-6/h7-10H,11H2,1-6H3. The summed E-state index contributed by atoms with van der Waals surface area (Å²) in [7, 11) is 3.47. The number of methoxy groups -OCH3 is 2. The average molecular weight is 316 g/mol. The lowest BCUT2D eigenvalue weighted by atomic mass is 10.1. The van der Waals surface area contributed by atoms with E-state index < -0.39 is 0 Å². The molecule has 2 aromatic rings. The molecule has 0 saturated heterocycles. The van der Waals surface area contributed by atoms with Gasteiger partial charge in [-0.05, 0) is 50.5 Å². The van der Waals surface area contributed by atoms with Crippen molar-refractivity contribution in [1.29, 1.82) is 0 Å². The quantitative estimate of drug-likeness (QED) is 0.704. The molecule has 0 aliphatic carbocycles. The van der Waals surface area contributed by atoms with Crippen LogP contribution in [0.2, 0.25) is 0 Å². The Morgan fingerprint density at radius 3 is 1.91 bits per heavy atom. The highest BCUT2D eigenvalue weighted by Crippen LogP contribution is 2.37. The number of thioether (sulfide) groups is 1. The van der Waals surface area contributed by atoms with Crippen LogP contribution in [0, 0.1) is 27.7 Å². The number of ether oxygens (including phenoxy) is 2. The molecule has 0 fully saturated rings. The summed E-state index contributed by atoms with van der Waals surface area (Å²) in [6.45, 7) is 8.43. The first-order valence-electron chi connectivity index (χ1n) is 7.38. The summed E-state index contributed by atoms with van der Waals surface area (Å²) < 4.78 is 11.2. The van der Waals surface area contributed by atoms with Crippen molar-refractivity contribution in [1.82, 2.24) is 0 Å². The van der Waals surface area contributed by atoms with E-state index in [-0.39, 0.29) is 0 Å². The molecule has 0 atom stereocenters. The van der Waals surface area contributed by atoms with E-state index in [2.05, 4.69) is 52.0 Å². The van der Waals surface area contributed by atoms with Crippen molar-refractivity contribution in [3.63, 3.8) is 0 Å². The smallest absolute Gasteiger partial charge is 0.135 e. The molecule has 22 heavy (non-hydrogen) atoms. The molecule has 2 rings (SSSR count). The normalized spacial score (nSPS) is 10.6. The molecule has 0 aliphatic heterocycles. The van der Waals surface area contributed by atoms with Gasteiger partial charge in [-0.25, -0.2) is 0 Å². The number of aryl methyl sites for hydroxylation is 4. The lowest BCUT2D eigenvalue weighted by Gasteiger charge is -2.15. The molecule has 2 nitrogen and oxygen atoms in total. The Balaban J connectivity index is 2.31. The minimum Gasteiger partial charge on any atom is -0.496 e. The second kappa shape index (κ2) is 7.10. The van der Waals surface area contributed by atoms with Crippen LogP contribution in [-0.4, -0.2) is 14.2 Å². The third-order valence-corrected chi connectivity index (χ3v) is 4.74. The highest BCUT2D eigenvalue weighted by atomic mass is 32.2. The van der Waals surface area contributed by atoms with Crippen molar-refractivity contribution in [3.05, 3.63) is 52.1 Å². The first kappa shape index (κ1) is 16.8. The van der Waals surface area contributed by atoms with E-state index in [0.29, 0.717) is 0 Å². The van der Waals surface area contributed by atoms with Crippen LogP contribution >= 0.6 is 11.8 Å². The van der Waals surface area contributed by atoms with Gasteiger partial charge in [0.1, 0.15) is 11.5 Å². The van der Waals surface area contributed by atoms with Crippen molar-refractivity contribution in [3.8, 4) is 11.5 Å². The summed E-state index contributed by atoms with van der Waals surface area (Å²) in [6.07, 6.45) is 0. The molecule has 0 aromatic heterocycles. The Kier molecular flexibility index (Phi) is 5.41. The predicted molar refractivity (Wildman–Crippen MR) is 94.5 cm³/mol. The Morgan fingerprint density at radius 1 is 0.773 bits per heavy atom. The summed E-state index contributed by atoms with van der Waals surface area (Å²) in [6, 6.07) is 8.70. The number of benzene rings is 2. The van der Waals surface area contributed by atoms with Gasteiger partial charge in [-0.3, -0.25) is 0 Å². The summed E-state index contributed by atoms with van der Waals surface area (Å²) in [5.74, 6) is 2.82. The second-order valence-electron chi connectivity index (χ2n) is 5.68. The fourth-order valence-electron chi connectivity index (χ4n) is 2.88. The molecule has 0 radical (unpaired) electrons. The van der Waals surface area contributed by atoms with Gasteiger partial charge >= 0.3 is 0 Å². The van der Waals surface area contributed by atoms with Crippen LogP contribution in [0.15, 0.2) is 29.2 Å². The number of rotatable bonds is 5. The van der Waals surface area contributed by atoms with Gasteiger partial charge in [0.2, 0.25) is 0 Å². The van der Waals surface area contributed by atoms with E-state index in [1.54, 1.807) is 26.0 Å². The van der Waals surface area contributed by atoms with Crippen molar-refractivity contribution in [2.75, 3.05) is 14.2 Å². The Bertz CT molecular complexity index is 618. The summed E-state index contributed by atoms with van der Waals surface area (Å²) in [5.41, 5.74) is 6.11. The van der Waals surface area contributed by atoms with E-state index in [1.807, 2.05) is 0 Å². The van der Waals surface area contributed by atoms with Gasteiger partial charge in [-0.2, -0.15) is 0 Å². The van der Waals surface area contributed by atoms with Gasteiger partial charge in [0.05, 0.1) is 19.1 Å². The van der Waals surface area contributed by atoms with Gasteiger partial charge in [0, 0.05) is 11.3 Å². The first-order valence-corrected chi connectivity index (χ1v) is 8.37. The van der Waals surface area contributed by atoms with Gasteiger partial charge in [-0.15, -0.1) is 11.8 Å². The molecule has 0 aliphatic rings. The van der Waals surface area contributed by atoms with Crippen molar-refractivity contribution in [2.45, 2.75) is 38.3 Å². The van der Waals surface area contributed by atoms with E-state index >= 15 is 0 Å². The second-order valence-corrected chi connectivity index (χ2v) is 6.69. The van der Waals surface area contributed by atoms with Crippen LogP contribution in [-0.2, 0) is 5.75 Å². The fraction of sp³-hybridized carbons (Fsp3) is 0.368. The molecule has 118 valence electrons. The SMILES string of the molecule is COc1c(C)cc(C)cc1CSc1cc(C)cc(C)c1OC. The van der Waals surface area contributed by atoms with Crippen LogP contribution < -0.4 is 9.47 Å². The van der Waals surface area contributed by atoms with E-state index in [0.717, 1.165) is 17.3 Å². The van der Waals surface area contributed by atoms with Crippen molar-refractivity contribution in [2.24, 2.45) is 0 Å². The zero-order valence-corrected chi connectivity index (χ0v) is 15.1. The Labute approximate surface area is 137 Å². The minimum atomic E-state index is 0.866. The summed E-state index contributed by atoms with van der Waals surface area (Å²) in [4.78, 5) is 1.18. The van der Waals surface area contributed by atoms with Crippen LogP contribution in [0.3, 0.4) is 0 Å². The van der Waals surface area contributed by atoms with Crippen molar-refractivity contribution < 1.29 is 9.47 Å². The highest BCUT2D eigenvalue weighted by molar-refractivity contribution is 7.98. The Morgan fingerprint density at radius 2 is 1.32 bits per heavy atom. The lowest BCUT2D eigenvalue weighted by Crippen LogP contribution is -1.96. The maximum absolute atomic E-state index is 5.58. The van der Waals surface area contributed by atoms with Crippen LogP contribution in [0.4, 0.5) is 0 Å². The Hall–Kier alpha value is -1.61. The largest absolute Gasteiger partial charge is 0.496 e. The maximum Gasteiger partial charge on any atom is 0.135 e. The third kappa shape index (κ3) is 3.58. The van der Waals surface area contributed by atoms with Gasteiger partial charge in [-0.1, -0.05) is 23.8 Å². The van der Waals surface area contributed by atoms with Gasteiger partial charge < -0.3 is 9.47 Å². The van der Waals surface area contributed by atoms with E-state index in [4.69, 9.17) is 9.47 Å². The fourth-order valence-corrected chi connectivity index (χ4v) is 4.05. The van der Waals surface area contributed by atoms with Gasteiger partial charge in [0.15, 0.2) is 0 Å². The molecule has 0 amide bonds. The molecule has 0 saturated carbocycles. The lowest BCUT2D eigenvalue weighted by molar-refractivity contribution is 0.401. The number of hydrogen-bond donors (Lipinski definition) is 0. The third-order valence-electron chi connectivity index (χ3n) is 3.67. The molecule has 3 heteroatoms. The zero-order chi connectivity index (χ0) is 16.3. The summed E-state index contributed by atoms with van der Waals surface area (Å²) >= 11 is 1.79. The predicted octanol–water partition coefficient (Wildman–Crippen LogP) is 5.23. The topological polar surface area (TPSA) is 18.5 Å². The zero-order valence-electron chi connectivity index (χ0n) is 14.2. The minimum absolute atomic E-state index is 0.866. The molecule has 0 heterocycles. The summed E-state index contributed by atoms with van der Waals surface area (Å²) in [5, 5.41) is 0. The maximum atomic E-state index is 5.58. The van der Waals surface area contributed by atoms with Gasteiger partial charge in [0.25, 0.3) is 0 Å². The molecule has 0 unspecified atom stereocenters. The monoisotopic (exact) mass is 316 g/mol. The van der Waals surface area contributed by atoms with Crippen molar-refractivity contribution >= 4 is 11.8 Å². The average Bonchev–Trinajstić information content (AvgIpc) is 2.44. The highest BCUT2D eigenvalue weighted by Gasteiger charge is 2.12. The molecule has 2 aromatic carbocycles. The number of hydrogen-bond acceptors (Lipinski definition) is 3. The van der Waals surface area contributed by atoms with E-state index in [9.17, 15) is 0 Å². The molecular formula is C19H24O2S.